The number of carbonyl (C=O) groups is 1. The second-order valence-corrected chi connectivity index (χ2v) is 6.27. The van der Waals surface area contributed by atoms with E-state index in [0.717, 1.165) is 4.70 Å². The number of nitrogens with zero attached hydrogens (tertiary/aromatic N) is 3. The first-order valence-electron chi connectivity index (χ1n) is 7.99. The summed E-state index contributed by atoms with van der Waals surface area (Å²) in [5, 5.41) is 11.1. The van der Waals surface area contributed by atoms with Crippen molar-refractivity contribution in [2.75, 3.05) is 26.4 Å². The second-order valence-electron chi connectivity index (χ2n) is 5.26. The molecule has 2 aromatic rings. The molecule has 2 heterocycles. The molecule has 0 radical (unpaired) electrons. The average molecular weight is 379 g/mol. The molecule has 3 rings (SSSR count). The number of benzene rings is 1. The van der Waals surface area contributed by atoms with Gasteiger partial charge < -0.3 is 18.8 Å². The molecule has 0 bridgehead atoms. The third-order valence-electron chi connectivity index (χ3n) is 3.60. The highest BCUT2D eigenvalue weighted by Gasteiger charge is 2.17. The van der Waals surface area contributed by atoms with Crippen molar-refractivity contribution in [3.63, 3.8) is 0 Å². The van der Waals surface area contributed by atoms with E-state index in [9.17, 15) is 14.9 Å². The number of ether oxygens (including phenoxy) is 3. The molecule has 9 nitrogen and oxygen atoms in total. The molecule has 0 unspecified atom stereocenters. The highest BCUT2D eigenvalue weighted by atomic mass is 32.1. The quantitative estimate of drug-likeness (QED) is 0.432. The van der Waals surface area contributed by atoms with E-state index in [0.29, 0.717) is 36.7 Å². The Morgan fingerprint density at radius 1 is 1.46 bits per heavy atom. The van der Waals surface area contributed by atoms with E-state index in [4.69, 9.17) is 14.2 Å². The standard InChI is InChI=1S/C16H17N3O6S/c1-2-23-6-5-18-12-9-11(19(21)22)3-4-14(12)26-16(18)17-15(20)13-10-24-7-8-25-13/h3-4,9-10H,2,5-8H2,1H3. The maximum absolute atomic E-state index is 12.3. The molecule has 26 heavy (non-hydrogen) atoms. The van der Waals surface area contributed by atoms with Crippen molar-refractivity contribution in [1.82, 2.24) is 4.57 Å². The summed E-state index contributed by atoms with van der Waals surface area (Å²) in [7, 11) is 0. The fraction of sp³-hybridized carbons (Fsp3) is 0.375. The summed E-state index contributed by atoms with van der Waals surface area (Å²) in [6.45, 7) is 3.91. The zero-order valence-corrected chi connectivity index (χ0v) is 14.9. The van der Waals surface area contributed by atoms with Crippen molar-refractivity contribution in [1.29, 1.82) is 0 Å². The molecule has 10 heteroatoms. The third kappa shape index (κ3) is 3.92. The van der Waals surface area contributed by atoms with Crippen molar-refractivity contribution >= 4 is 33.1 Å². The van der Waals surface area contributed by atoms with Crippen LogP contribution >= 0.6 is 11.3 Å². The second kappa shape index (κ2) is 8.11. The first-order chi connectivity index (χ1) is 12.6. The zero-order chi connectivity index (χ0) is 18.5. The number of nitro benzene ring substituents is 1. The molecule has 0 saturated carbocycles. The molecule has 1 aliphatic rings. The predicted molar refractivity (Wildman–Crippen MR) is 93.5 cm³/mol. The Balaban J connectivity index is 2.05. The fourth-order valence-electron chi connectivity index (χ4n) is 2.39. The van der Waals surface area contributed by atoms with Crippen LogP contribution in [-0.4, -0.2) is 41.8 Å². The maximum Gasteiger partial charge on any atom is 0.317 e. The van der Waals surface area contributed by atoms with Gasteiger partial charge in [-0.1, -0.05) is 11.3 Å². The van der Waals surface area contributed by atoms with Gasteiger partial charge in [0, 0.05) is 25.3 Å². The van der Waals surface area contributed by atoms with E-state index in [1.54, 1.807) is 10.6 Å². The number of fused-ring (bicyclic) bond motifs is 1. The lowest BCUT2D eigenvalue weighted by Gasteiger charge is -2.12. The number of hydrogen-bond acceptors (Lipinski definition) is 7. The monoisotopic (exact) mass is 379 g/mol. The Morgan fingerprint density at radius 3 is 3.00 bits per heavy atom. The molecule has 138 valence electrons. The lowest BCUT2D eigenvalue weighted by Crippen LogP contribution is -2.21. The highest BCUT2D eigenvalue weighted by Crippen LogP contribution is 2.23. The number of nitro groups is 1. The number of amides is 1. The smallest absolute Gasteiger partial charge is 0.317 e. The summed E-state index contributed by atoms with van der Waals surface area (Å²) >= 11 is 1.27. The molecule has 1 amide bonds. The SMILES string of the molecule is CCOCCn1c(=NC(=O)C2=COCCO2)sc2ccc([N+](=O)[O-])cc21. The van der Waals surface area contributed by atoms with Gasteiger partial charge in [0.15, 0.2) is 4.80 Å². The number of rotatable bonds is 6. The van der Waals surface area contributed by atoms with Gasteiger partial charge in [-0.05, 0) is 13.0 Å². The van der Waals surface area contributed by atoms with Crippen LogP contribution in [0.5, 0.6) is 0 Å². The van der Waals surface area contributed by atoms with Crippen LogP contribution in [0.3, 0.4) is 0 Å². The van der Waals surface area contributed by atoms with Crippen molar-refractivity contribution < 1.29 is 23.9 Å². The van der Waals surface area contributed by atoms with Crippen molar-refractivity contribution in [3.8, 4) is 0 Å². The molecule has 1 aromatic carbocycles. The summed E-state index contributed by atoms with van der Waals surface area (Å²) in [4.78, 5) is 27.5. The van der Waals surface area contributed by atoms with Crippen LogP contribution < -0.4 is 4.80 Å². The van der Waals surface area contributed by atoms with Crippen molar-refractivity contribution in [3.05, 3.63) is 45.1 Å². The van der Waals surface area contributed by atoms with Gasteiger partial charge in [0.25, 0.3) is 5.69 Å². The van der Waals surface area contributed by atoms with Gasteiger partial charge in [-0.2, -0.15) is 4.99 Å². The normalized spacial score (nSPS) is 14.7. The zero-order valence-electron chi connectivity index (χ0n) is 14.0. The minimum Gasteiger partial charge on any atom is -0.494 e. The van der Waals surface area contributed by atoms with Crippen LogP contribution in [0.1, 0.15) is 6.92 Å². The summed E-state index contributed by atoms with van der Waals surface area (Å²) in [5.41, 5.74) is 0.607. The topological polar surface area (TPSA) is 105 Å². The summed E-state index contributed by atoms with van der Waals surface area (Å²) < 4.78 is 18.2. The van der Waals surface area contributed by atoms with E-state index >= 15 is 0 Å². The minimum atomic E-state index is -0.559. The lowest BCUT2D eigenvalue weighted by atomic mass is 10.3. The van der Waals surface area contributed by atoms with E-state index < -0.39 is 10.8 Å². The summed E-state index contributed by atoms with van der Waals surface area (Å²) in [6.07, 6.45) is 1.25. The van der Waals surface area contributed by atoms with Gasteiger partial charge in [-0.25, -0.2) is 0 Å². The molecule has 1 aliphatic heterocycles. The van der Waals surface area contributed by atoms with Crippen LogP contribution in [-0.2, 0) is 25.5 Å². The number of carbonyl (C=O) groups excluding carboxylic acids is 1. The van der Waals surface area contributed by atoms with Crippen LogP contribution in [0, 0.1) is 10.1 Å². The molecule has 1 aromatic heterocycles. The fourth-order valence-corrected chi connectivity index (χ4v) is 3.43. The Hall–Kier alpha value is -2.72. The third-order valence-corrected chi connectivity index (χ3v) is 4.66. The highest BCUT2D eigenvalue weighted by molar-refractivity contribution is 7.16. The lowest BCUT2D eigenvalue weighted by molar-refractivity contribution is -0.384. The number of aromatic nitrogens is 1. The Bertz CT molecular complexity index is 930. The van der Waals surface area contributed by atoms with E-state index in [1.165, 1.54) is 29.7 Å². The molecule has 0 fully saturated rings. The van der Waals surface area contributed by atoms with Gasteiger partial charge in [-0.15, -0.1) is 0 Å². The first kappa shape index (κ1) is 18.1. The Morgan fingerprint density at radius 2 is 2.31 bits per heavy atom. The van der Waals surface area contributed by atoms with Crippen molar-refractivity contribution in [2.24, 2.45) is 4.99 Å². The molecule has 0 N–H and O–H groups in total. The average Bonchev–Trinajstić information content (AvgIpc) is 2.99. The first-order valence-corrected chi connectivity index (χ1v) is 8.81. The van der Waals surface area contributed by atoms with E-state index in [2.05, 4.69) is 4.99 Å². The van der Waals surface area contributed by atoms with Crippen LogP contribution in [0.25, 0.3) is 10.2 Å². The van der Waals surface area contributed by atoms with E-state index in [-0.39, 0.29) is 18.1 Å². The predicted octanol–water partition coefficient (Wildman–Crippen LogP) is 1.96. The van der Waals surface area contributed by atoms with Gasteiger partial charge in [0.1, 0.15) is 19.5 Å². The number of non-ortho nitro benzene ring substituents is 1. The van der Waals surface area contributed by atoms with Gasteiger partial charge in [0.2, 0.25) is 5.76 Å². The van der Waals surface area contributed by atoms with Gasteiger partial charge >= 0.3 is 5.91 Å². The maximum atomic E-state index is 12.3. The molecular weight excluding hydrogens is 362 g/mol. The Kier molecular flexibility index (Phi) is 5.64. The van der Waals surface area contributed by atoms with Crippen molar-refractivity contribution in [2.45, 2.75) is 13.5 Å². The Labute approximate surface area is 152 Å². The van der Waals surface area contributed by atoms with Gasteiger partial charge in [0.05, 0.1) is 21.7 Å². The summed E-state index contributed by atoms with van der Waals surface area (Å²) in [5.74, 6) is -0.521. The number of hydrogen-bond donors (Lipinski definition) is 0. The summed E-state index contributed by atoms with van der Waals surface area (Å²) in [6, 6.07) is 4.55. The number of thiazole rings is 1. The van der Waals surface area contributed by atoms with Crippen LogP contribution in [0.4, 0.5) is 5.69 Å². The molecule has 0 spiro atoms. The minimum absolute atomic E-state index is 0.0231. The van der Waals surface area contributed by atoms with Crippen LogP contribution in [0.15, 0.2) is 35.2 Å². The van der Waals surface area contributed by atoms with Crippen LogP contribution in [0.2, 0.25) is 0 Å². The largest absolute Gasteiger partial charge is 0.494 e. The van der Waals surface area contributed by atoms with Gasteiger partial charge in [-0.3, -0.25) is 14.9 Å². The molecular formula is C16H17N3O6S. The van der Waals surface area contributed by atoms with E-state index in [1.807, 2.05) is 6.92 Å². The molecule has 0 aliphatic carbocycles. The molecule has 0 saturated heterocycles. The molecule has 0 atom stereocenters.